The van der Waals surface area contributed by atoms with Gasteiger partial charge in [-0.2, -0.15) is 5.10 Å². The maximum atomic E-state index is 12.5. The molecule has 1 aliphatic rings. The minimum absolute atomic E-state index is 0.0423. The van der Waals surface area contributed by atoms with E-state index >= 15 is 0 Å². The van der Waals surface area contributed by atoms with Crippen LogP contribution in [0.3, 0.4) is 0 Å². The van der Waals surface area contributed by atoms with Crippen molar-refractivity contribution in [2.45, 2.75) is 19.0 Å². The number of aromatic nitrogens is 2. The topological polar surface area (TPSA) is 80.7 Å². The zero-order valence-corrected chi connectivity index (χ0v) is 17.0. The van der Waals surface area contributed by atoms with Gasteiger partial charge in [-0.1, -0.05) is 0 Å². The maximum Gasteiger partial charge on any atom is 0.241 e. The van der Waals surface area contributed by atoms with E-state index in [0.717, 1.165) is 43.1 Å². The van der Waals surface area contributed by atoms with Crippen molar-refractivity contribution in [1.29, 1.82) is 0 Å². The summed E-state index contributed by atoms with van der Waals surface area (Å²) in [5.41, 5.74) is 3.40. The molecule has 1 amide bonds. The number of nitrogens with zero attached hydrogens (tertiary/aromatic N) is 3. The summed E-state index contributed by atoms with van der Waals surface area (Å²) in [4.78, 5) is 14.9. The quantitative estimate of drug-likeness (QED) is 0.700. The molecule has 1 aromatic heterocycles. The number of ether oxygens (including phenoxy) is 2. The van der Waals surface area contributed by atoms with Gasteiger partial charge in [-0.05, 0) is 36.7 Å². The molecule has 2 N–H and O–H groups in total. The highest BCUT2D eigenvalue weighted by atomic mass is 16.5. The van der Waals surface area contributed by atoms with Gasteiger partial charge in [0.2, 0.25) is 5.91 Å². The van der Waals surface area contributed by atoms with Crippen LogP contribution in [0.4, 0.5) is 0 Å². The number of likely N-dealkylation sites (N-methyl/N-ethyl adjacent to an activating group) is 1. The Labute approximate surface area is 165 Å². The lowest BCUT2D eigenvalue weighted by Gasteiger charge is -2.29. The summed E-state index contributed by atoms with van der Waals surface area (Å²) < 4.78 is 12.5. The Bertz CT molecular complexity index is 820. The Morgan fingerprint density at radius 1 is 1.25 bits per heavy atom. The largest absolute Gasteiger partial charge is 0.493 e. The van der Waals surface area contributed by atoms with Gasteiger partial charge in [0, 0.05) is 45.0 Å². The number of aryl methyl sites for hydroxylation is 1. The standard InChI is InChI=1S/C20H29N5O3/c1-21-19(16-11-23-24(2)12-16)20(26)22-6-8-25-7-5-14-9-17(27-3)18(28-4)10-15(14)13-25/h9-12,19,21H,5-8,13H2,1-4H3,(H,22,26). The second-order valence-corrected chi connectivity index (χ2v) is 6.96. The van der Waals surface area contributed by atoms with Crippen molar-refractivity contribution in [2.24, 2.45) is 7.05 Å². The van der Waals surface area contributed by atoms with Gasteiger partial charge in [-0.15, -0.1) is 0 Å². The number of nitrogens with one attached hydrogen (secondary N) is 2. The smallest absolute Gasteiger partial charge is 0.241 e. The molecule has 8 nitrogen and oxygen atoms in total. The van der Waals surface area contributed by atoms with Gasteiger partial charge in [-0.25, -0.2) is 0 Å². The first-order chi connectivity index (χ1) is 13.5. The number of methoxy groups -OCH3 is 2. The van der Waals surface area contributed by atoms with Crippen molar-refractivity contribution < 1.29 is 14.3 Å². The van der Waals surface area contributed by atoms with Crippen LogP contribution < -0.4 is 20.1 Å². The van der Waals surface area contributed by atoms with Gasteiger partial charge >= 0.3 is 0 Å². The molecule has 1 aromatic carbocycles. The average molecular weight is 387 g/mol. The van der Waals surface area contributed by atoms with Crippen molar-refractivity contribution >= 4 is 5.91 Å². The Kier molecular flexibility index (Phi) is 6.53. The van der Waals surface area contributed by atoms with E-state index < -0.39 is 6.04 Å². The van der Waals surface area contributed by atoms with Gasteiger partial charge < -0.3 is 20.1 Å². The van der Waals surface area contributed by atoms with Crippen LogP contribution >= 0.6 is 0 Å². The van der Waals surface area contributed by atoms with Crippen LogP contribution in [-0.2, 0) is 24.8 Å². The molecule has 2 heterocycles. The molecule has 0 aliphatic carbocycles. The Balaban J connectivity index is 1.54. The summed E-state index contributed by atoms with van der Waals surface area (Å²) in [6.07, 6.45) is 4.52. The zero-order chi connectivity index (χ0) is 20.1. The van der Waals surface area contributed by atoms with E-state index in [1.807, 2.05) is 13.2 Å². The zero-order valence-electron chi connectivity index (χ0n) is 17.0. The van der Waals surface area contributed by atoms with Crippen molar-refractivity contribution in [3.8, 4) is 11.5 Å². The molecular weight excluding hydrogens is 358 g/mol. The van der Waals surface area contributed by atoms with Crippen LogP contribution in [0.15, 0.2) is 24.5 Å². The molecule has 1 unspecified atom stereocenters. The first kappa shape index (κ1) is 20.2. The minimum atomic E-state index is -0.396. The van der Waals surface area contributed by atoms with E-state index in [0.29, 0.717) is 6.54 Å². The fourth-order valence-electron chi connectivity index (χ4n) is 3.61. The molecule has 0 spiro atoms. The predicted molar refractivity (Wildman–Crippen MR) is 107 cm³/mol. The summed E-state index contributed by atoms with van der Waals surface area (Å²) in [7, 11) is 6.93. The summed E-state index contributed by atoms with van der Waals surface area (Å²) in [5.74, 6) is 1.49. The summed E-state index contributed by atoms with van der Waals surface area (Å²) in [6.45, 7) is 3.18. The molecular formula is C20H29N5O3. The number of amides is 1. The lowest BCUT2D eigenvalue weighted by Crippen LogP contribution is -2.41. The Hall–Kier alpha value is -2.58. The van der Waals surface area contributed by atoms with Crippen molar-refractivity contribution in [2.75, 3.05) is 40.9 Å². The van der Waals surface area contributed by atoms with Crippen LogP contribution in [0.5, 0.6) is 11.5 Å². The number of benzene rings is 1. The van der Waals surface area contributed by atoms with E-state index in [1.165, 1.54) is 11.1 Å². The van der Waals surface area contributed by atoms with Gasteiger partial charge in [-0.3, -0.25) is 14.4 Å². The van der Waals surface area contributed by atoms with Gasteiger partial charge in [0.25, 0.3) is 0 Å². The van der Waals surface area contributed by atoms with Crippen LogP contribution in [0.2, 0.25) is 0 Å². The molecule has 3 rings (SSSR count). The summed E-state index contributed by atoms with van der Waals surface area (Å²) in [5, 5.41) is 10.2. The highest BCUT2D eigenvalue weighted by Gasteiger charge is 2.22. The lowest BCUT2D eigenvalue weighted by molar-refractivity contribution is -0.123. The first-order valence-corrected chi connectivity index (χ1v) is 9.45. The van der Waals surface area contributed by atoms with Gasteiger partial charge in [0.05, 0.1) is 20.4 Å². The SMILES string of the molecule is CNC(C(=O)NCCN1CCc2cc(OC)c(OC)cc2C1)c1cnn(C)c1. The second-order valence-electron chi connectivity index (χ2n) is 6.96. The van der Waals surface area contributed by atoms with Crippen molar-refractivity contribution in [3.05, 3.63) is 41.2 Å². The van der Waals surface area contributed by atoms with E-state index in [1.54, 1.807) is 32.1 Å². The molecule has 152 valence electrons. The normalized spacial score (nSPS) is 15.0. The Morgan fingerprint density at radius 2 is 1.96 bits per heavy atom. The first-order valence-electron chi connectivity index (χ1n) is 9.45. The highest BCUT2D eigenvalue weighted by molar-refractivity contribution is 5.83. The number of rotatable bonds is 8. The van der Waals surface area contributed by atoms with Crippen LogP contribution in [0.25, 0.3) is 0 Å². The number of carbonyl (C=O) groups excluding carboxylic acids is 1. The average Bonchev–Trinajstić information content (AvgIpc) is 3.13. The number of fused-ring (bicyclic) bond motifs is 1. The molecule has 0 radical (unpaired) electrons. The predicted octanol–water partition coefficient (Wildman–Crippen LogP) is 0.872. The molecule has 0 saturated carbocycles. The van der Waals surface area contributed by atoms with E-state index in [9.17, 15) is 4.79 Å². The van der Waals surface area contributed by atoms with Crippen LogP contribution in [-0.4, -0.2) is 61.5 Å². The lowest BCUT2D eigenvalue weighted by atomic mass is 9.99. The highest BCUT2D eigenvalue weighted by Crippen LogP contribution is 2.33. The number of hydrogen-bond acceptors (Lipinski definition) is 6. The fourth-order valence-corrected chi connectivity index (χ4v) is 3.61. The van der Waals surface area contributed by atoms with Crippen molar-refractivity contribution in [1.82, 2.24) is 25.3 Å². The molecule has 2 aromatic rings. The third kappa shape index (κ3) is 4.45. The third-order valence-electron chi connectivity index (χ3n) is 5.13. The van der Waals surface area contributed by atoms with Crippen LogP contribution in [0.1, 0.15) is 22.7 Å². The van der Waals surface area contributed by atoms with Gasteiger partial charge in [0.15, 0.2) is 11.5 Å². The molecule has 1 aliphatic heterocycles. The molecule has 1 atom stereocenters. The summed E-state index contributed by atoms with van der Waals surface area (Å²) in [6, 6.07) is 3.73. The fraction of sp³-hybridized carbons (Fsp3) is 0.500. The third-order valence-corrected chi connectivity index (χ3v) is 5.13. The molecule has 0 bridgehead atoms. The molecule has 0 saturated heterocycles. The van der Waals surface area contributed by atoms with Gasteiger partial charge in [0.1, 0.15) is 6.04 Å². The summed E-state index contributed by atoms with van der Waals surface area (Å²) >= 11 is 0. The molecule has 28 heavy (non-hydrogen) atoms. The van der Waals surface area contributed by atoms with E-state index in [2.05, 4.69) is 32.8 Å². The number of carbonyl (C=O) groups is 1. The Morgan fingerprint density at radius 3 is 2.57 bits per heavy atom. The van der Waals surface area contributed by atoms with Crippen LogP contribution in [0, 0.1) is 0 Å². The maximum absolute atomic E-state index is 12.5. The monoisotopic (exact) mass is 387 g/mol. The molecule has 8 heteroatoms. The van der Waals surface area contributed by atoms with E-state index in [4.69, 9.17) is 9.47 Å². The second kappa shape index (κ2) is 9.07. The van der Waals surface area contributed by atoms with E-state index in [-0.39, 0.29) is 5.91 Å². The minimum Gasteiger partial charge on any atom is -0.493 e. The number of hydrogen-bond donors (Lipinski definition) is 2. The van der Waals surface area contributed by atoms with Crippen molar-refractivity contribution in [3.63, 3.8) is 0 Å². The molecule has 0 fully saturated rings.